The molecule has 5 heteroatoms. The maximum absolute atomic E-state index is 12.1. The smallest absolute Gasteiger partial charge is 0.344 e. The maximum atomic E-state index is 12.1. The van der Waals surface area contributed by atoms with Crippen LogP contribution in [0, 0.1) is 0 Å². The van der Waals surface area contributed by atoms with Crippen LogP contribution in [-0.4, -0.2) is 28.1 Å². The van der Waals surface area contributed by atoms with Crippen LogP contribution in [0.15, 0.2) is 54.6 Å². The summed E-state index contributed by atoms with van der Waals surface area (Å²) in [5, 5.41) is 18.1. The van der Waals surface area contributed by atoms with Crippen LogP contribution in [0.2, 0.25) is 0 Å². The molecule has 0 aliphatic carbocycles. The average Bonchev–Trinajstić information content (AvgIpc) is 2.53. The van der Waals surface area contributed by atoms with Gasteiger partial charge in [0.15, 0.2) is 11.9 Å². The van der Waals surface area contributed by atoms with Crippen molar-refractivity contribution in [3.05, 3.63) is 65.7 Å². The highest BCUT2D eigenvalue weighted by Gasteiger charge is 2.12. The molecule has 2 aromatic carbocycles. The molecule has 0 aromatic heterocycles. The molecule has 0 radical (unpaired) electrons. The van der Waals surface area contributed by atoms with E-state index in [1.54, 1.807) is 54.6 Å². The molecule has 2 aromatic rings. The Balaban J connectivity index is 2.04. The molecule has 2 rings (SSSR count). The minimum atomic E-state index is -1.06. The van der Waals surface area contributed by atoms with Crippen molar-refractivity contribution in [1.82, 2.24) is 0 Å². The molecule has 0 saturated carbocycles. The molecule has 0 bridgehead atoms. The van der Waals surface area contributed by atoms with Gasteiger partial charge in [-0.1, -0.05) is 18.2 Å². The number of benzene rings is 2. The van der Waals surface area contributed by atoms with Gasteiger partial charge < -0.3 is 14.9 Å². The lowest BCUT2D eigenvalue weighted by molar-refractivity contribution is -0.144. The van der Waals surface area contributed by atoms with E-state index in [-0.39, 0.29) is 11.5 Å². The predicted octanol–water partition coefficient (Wildman–Crippen LogP) is 3.14. The number of aliphatic carboxylic acids is 1. The minimum Gasteiger partial charge on any atom is -0.508 e. The van der Waals surface area contributed by atoms with Crippen LogP contribution in [0.1, 0.15) is 22.8 Å². The molecule has 0 fully saturated rings. The maximum Gasteiger partial charge on any atom is 0.344 e. The second-order valence-corrected chi connectivity index (χ2v) is 4.92. The summed E-state index contributed by atoms with van der Waals surface area (Å²) in [6.45, 7) is 1.43. The SMILES string of the molecule is C[C@@H](Oc1ccc(C(=O)/C=C/c2cccc(O)c2)cc1)C(=O)O. The number of phenolic OH excluding ortho intramolecular Hbond substituents is 1. The fraction of sp³-hybridized carbons (Fsp3) is 0.111. The third-order valence-electron chi connectivity index (χ3n) is 3.10. The zero-order valence-electron chi connectivity index (χ0n) is 12.5. The van der Waals surface area contributed by atoms with E-state index in [1.807, 2.05) is 0 Å². The zero-order chi connectivity index (χ0) is 16.8. The van der Waals surface area contributed by atoms with Crippen LogP contribution < -0.4 is 4.74 Å². The van der Waals surface area contributed by atoms with E-state index in [2.05, 4.69) is 0 Å². The van der Waals surface area contributed by atoms with Crippen molar-refractivity contribution < 1.29 is 24.5 Å². The Hall–Kier alpha value is -3.08. The first kappa shape index (κ1) is 16.3. The molecule has 5 nitrogen and oxygen atoms in total. The summed E-state index contributed by atoms with van der Waals surface area (Å²) in [5.74, 6) is -0.743. The van der Waals surface area contributed by atoms with Crippen molar-refractivity contribution in [3.8, 4) is 11.5 Å². The Morgan fingerprint density at radius 1 is 1.13 bits per heavy atom. The van der Waals surface area contributed by atoms with Gasteiger partial charge in [0.05, 0.1) is 0 Å². The topological polar surface area (TPSA) is 83.8 Å². The summed E-state index contributed by atoms with van der Waals surface area (Å²) in [4.78, 5) is 22.8. The van der Waals surface area contributed by atoms with Gasteiger partial charge in [0.25, 0.3) is 0 Å². The average molecular weight is 312 g/mol. The fourth-order valence-electron chi connectivity index (χ4n) is 1.85. The fourth-order valence-corrected chi connectivity index (χ4v) is 1.85. The number of carbonyl (C=O) groups excluding carboxylic acids is 1. The van der Waals surface area contributed by atoms with Crippen LogP contribution in [-0.2, 0) is 4.79 Å². The molecular formula is C18H16O5. The number of carbonyl (C=O) groups is 2. The van der Waals surface area contributed by atoms with Crippen LogP contribution in [0.25, 0.3) is 6.08 Å². The molecule has 118 valence electrons. The van der Waals surface area contributed by atoms with Crippen LogP contribution >= 0.6 is 0 Å². The molecule has 0 saturated heterocycles. The van der Waals surface area contributed by atoms with E-state index >= 15 is 0 Å². The molecule has 0 aliphatic heterocycles. The van der Waals surface area contributed by atoms with Crippen molar-refractivity contribution in [3.63, 3.8) is 0 Å². The Bertz CT molecular complexity index is 731. The van der Waals surface area contributed by atoms with Crippen LogP contribution in [0.4, 0.5) is 0 Å². The quantitative estimate of drug-likeness (QED) is 0.632. The van der Waals surface area contributed by atoms with Crippen molar-refractivity contribution >= 4 is 17.8 Å². The summed E-state index contributed by atoms with van der Waals surface area (Å²) >= 11 is 0. The number of aromatic hydroxyl groups is 1. The third kappa shape index (κ3) is 4.71. The number of ketones is 1. The Kier molecular flexibility index (Phi) is 5.15. The first-order valence-corrected chi connectivity index (χ1v) is 6.96. The van der Waals surface area contributed by atoms with E-state index in [0.717, 1.165) is 0 Å². The van der Waals surface area contributed by atoms with E-state index in [1.165, 1.54) is 13.0 Å². The standard InChI is InChI=1S/C18H16O5/c1-12(18(21)22)23-16-8-6-14(7-9-16)17(20)10-5-13-3-2-4-15(19)11-13/h2-12,19H,1H3,(H,21,22)/b10-5+/t12-/m1/s1. The first-order valence-electron chi connectivity index (χ1n) is 6.96. The summed E-state index contributed by atoms with van der Waals surface area (Å²) < 4.78 is 5.20. The Morgan fingerprint density at radius 2 is 1.83 bits per heavy atom. The van der Waals surface area contributed by atoms with Gasteiger partial charge in [-0.05, 0) is 55.0 Å². The number of hydrogen-bond acceptors (Lipinski definition) is 4. The number of hydrogen-bond donors (Lipinski definition) is 2. The van der Waals surface area contributed by atoms with Crippen molar-refractivity contribution in [2.75, 3.05) is 0 Å². The lowest BCUT2D eigenvalue weighted by Gasteiger charge is -2.10. The van der Waals surface area contributed by atoms with Gasteiger partial charge in [-0.25, -0.2) is 4.79 Å². The van der Waals surface area contributed by atoms with Crippen LogP contribution in [0.5, 0.6) is 11.5 Å². The van der Waals surface area contributed by atoms with Gasteiger partial charge in [-0.3, -0.25) is 4.79 Å². The van der Waals surface area contributed by atoms with E-state index in [9.17, 15) is 14.7 Å². The molecule has 2 N–H and O–H groups in total. The van der Waals surface area contributed by atoms with Crippen LogP contribution in [0.3, 0.4) is 0 Å². The summed E-state index contributed by atoms with van der Waals surface area (Å²) in [5.41, 5.74) is 1.17. The zero-order valence-corrected chi connectivity index (χ0v) is 12.5. The molecule has 0 heterocycles. The lowest BCUT2D eigenvalue weighted by Crippen LogP contribution is -2.22. The third-order valence-corrected chi connectivity index (χ3v) is 3.10. The molecule has 0 spiro atoms. The van der Waals surface area contributed by atoms with Gasteiger partial charge in [-0.15, -0.1) is 0 Å². The van der Waals surface area contributed by atoms with Crippen molar-refractivity contribution in [1.29, 1.82) is 0 Å². The molecular weight excluding hydrogens is 296 g/mol. The first-order chi connectivity index (χ1) is 11.0. The molecule has 0 amide bonds. The number of ether oxygens (including phenoxy) is 1. The van der Waals surface area contributed by atoms with Gasteiger partial charge in [0.2, 0.25) is 0 Å². The largest absolute Gasteiger partial charge is 0.508 e. The van der Waals surface area contributed by atoms with Crippen molar-refractivity contribution in [2.24, 2.45) is 0 Å². The molecule has 0 aliphatic rings. The normalized spacial score (nSPS) is 12.0. The summed E-state index contributed by atoms with van der Waals surface area (Å²) in [6, 6.07) is 12.8. The van der Waals surface area contributed by atoms with Gasteiger partial charge in [0.1, 0.15) is 11.5 Å². The number of rotatable bonds is 6. The summed E-state index contributed by atoms with van der Waals surface area (Å²) in [7, 11) is 0. The van der Waals surface area contributed by atoms with E-state index in [0.29, 0.717) is 16.9 Å². The second-order valence-electron chi connectivity index (χ2n) is 4.92. The number of carboxylic acid groups (broad SMARTS) is 1. The number of phenols is 1. The molecule has 0 unspecified atom stereocenters. The van der Waals surface area contributed by atoms with Gasteiger partial charge in [-0.2, -0.15) is 0 Å². The molecule has 1 atom stereocenters. The summed E-state index contributed by atoms with van der Waals surface area (Å²) in [6.07, 6.45) is 2.06. The minimum absolute atomic E-state index is 0.133. The Labute approximate surface area is 133 Å². The number of allylic oxidation sites excluding steroid dienone is 1. The Morgan fingerprint density at radius 3 is 2.43 bits per heavy atom. The second kappa shape index (κ2) is 7.26. The lowest BCUT2D eigenvalue weighted by atomic mass is 10.1. The van der Waals surface area contributed by atoms with Crippen molar-refractivity contribution in [2.45, 2.75) is 13.0 Å². The monoisotopic (exact) mass is 312 g/mol. The highest BCUT2D eigenvalue weighted by atomic mass is 16.5. The molecule has 23 heavy (non-hydrogen) atoms. The van der Waals surface area contributed by atoms with Gasteiger partial charge >= 0.3 is 5.97 Å². The highest BCUT2D eigenvalue weighted by molar-refractivity contribution is 6.06. The highest BCUT2D eigenvalue weighted by Crippen LogP contribution is 2.16. The van der Waals surface area contributed by atoms with E-state index < -0.39 is 12.1 Å². The van der Waals surface area contributed by atoms with E-state index in [4.69, 9.17) is 9.84 Å². The predicted molar refractivity (Wildman–Crippen MR) is 85.6 cm³/mol. The number of carboxylic acids is 1. The van der Waals surface area contributed by atoms with Gasteiger partial charge in [0, 0.05) is 5.56 Å².